The lowest BCUT2D eigenvalue weighted by Gasteiger charge is -2.10. The molecule has 3 N–H and O–H groups in total. The summed E-state index contributed by atoms with van der Waals surface area (Å²) in [6.07, 6.45) is 3.70. The Labute approximate surface area is 101 Å². The third kappa shape index (κ3) is 3.68. The molecule has 1 aliphatic heterocycles. The number of nitrogen functional groups attached to an aromatic ring is 1. The Morgan fingerprint density at radius 3 is 3.06 bits per heavy atom. The summed E-state index contributed by atoms with van der Waals surface area (Å²) in [5.41, 5.74) is 6.61. The monoisotopic (exact) mass is 238 g/mol. The van der Waals surface area contributed by atoms with E-state index in [0.717, 1.165) is 32.4 Å². The molecule has 1 fully saturated rings. The van der Waals surface area contributed by atoms with Gasteiger partial charge in [0.05, 0.1) is 6.10 Å². The summed E-state index contributed by atoms with van der Waals surface area (Å²) in [7, 11) is 0. The third-order valence-electron chi connectivity index (χ3n) is 3.06. The van der Waals surface area contributed by atoms with Crippen molar-refractivity contribution >= 4 is 5.69 Å². The number of rotatable bonds is 5. The van der Waals surface area contributed by atoms with Gasteiger partial charge >= 0.3 is 0 Å². The molecule has 1 saturated heterocycles. The minimum atomic E-state index is -0.241. The number of hydrogen-bond donors (Lipinski definition) is 2. The topological polar surface area (TPSA) is 47.3 Å². The van der Waals surface area contributed by atoms with E-state index in [-0.39, 0.29) is 5.82 Å². The van der Waals surface area contributed by atoms with Gasteiger partial charge in [-0.1, -0.05) is 6.07 Å². The van der Waals surface area contributed by atoms with Crippen molar-refractivity contribution in [3.05, 3.63) is 29.6 Å². The highest BCUT2D eigenvalue weighted by molar-refractivity contribution is 5.40. The van der Waals surface area contributed by atoms with Crippen LogP contribution in [0.4, 0.5) is 10.1 Å². The second kappa shape index (κ2) is 5.98. The minimum Gasteiger partial charge on any atom is -0.399 e. The maximum atomic E-state index is 13.4. The first-order valence-electron chi connectivity index (χ1n) is 6.12. The molecule has 4 heteroatoms. The van der Waals surface area contributed by atoms with E-state index in [0.29, 0.717) is 23.9 Å². The van der Waals surface area contributed by atoms with Gasteiger partial charge in [-0.3, -0.25) is 0 Å². The molecule has 1 unspecified atom stereocenters. The fourth-order valence-corrected chi connectivity index (χ4v) is 2.07. The summed E-state index contributed by atoms with van der Waals surface area (Å²) in [5.74, 6) is -0.241. The molecule has 1 aromatic carbocycles. The van der Waals surface area contributed by atoms with Crippen LogP contribution in [0.25, 0.3) is 0 Å². The maximum Gasteiger partial charge on any atom is 0.129 e. The number of nitrogens with two attached hydrogens (primary N) is 1. The summed E-state index contributed by atoms with van der Waals surface area (Å²) in [4.78, 5) is 0. The van der Waals surface area contributed by atoms with Crippen molar-refractivity contribution < 1.29 is 9.13 Å². The van der Waals surface area contributed by atoms with Crippen molar-refractivity contribution in [2.75, 3.05) is 18.9 Å². The zero-order chi connectivity index (χ0) is 12.1. The molecule has 1 atom stereocenters. The molecule has 0 bridgehead atoms. The van der Waals surface area contributed by atoms with E-state index in [1.54, 1.807) is 12.1 Å². The fraction of sp³-hybridized carbons (Fsp3) is 0.538. The molecule has 0 aromatic heterocycles. The highest BCUT2D eigenvalue weighted by Gasteiger charge is 2.14. The molecular formula is C13H19FN2O. The standard InChI is InChI=1S/C13H19FN2O/c14-13-8-11(15)4-3-10(13)9-16-6-5-12-2-1-7-17-12/h3-4,8,12,16H,1-2,5-7,9,15H2. The average molecular weight is 238 g/mol. The van der Waals surface area contributed by atoms with E-state index < -0.39 is 0 Å². The summed E-state index contributed by atoms with van der Waals surface area (Å²) in [6.45, 7) is 2.28. The zero-order valence-corrected chi connectivity index (χ0v) is 9.92. The van der Waals surface area contributed by atoms with E-state index >= 15 is 0 Å². The summed E-state index contributed by atoms with van der Waals surface area (Å²) in [6, 6.07) is 4.81. The molecule has 17 heavy (non-hydrogen) atoms. The quantitative estimate of drug-likeness (QED) is 0.610. The Bertz CT molecular complexity index is 364. The summed E-state index contributed by atoms with van der Waals surface area (Å²) < 4.78 is 18.9. The van der Waals surface area contributed by atoms with Crippen molar-refractivity contribution in [3.8, 4) is 0 Å². The van der Waals surface area contributed by atoms with E-state index in [9.17, 15) is 4.39 Å². The van der Waals surface area contributed by atoms with Gasteiger partial charge in [-0.15, -0.1) is 0 Å². The molecular weight excluding hydrogens is 219 g/mol. The third-order valence-corrected chi connectivity index (χ3v) is 3.06. The van der Waals surface area contributed by atoms with Crippen LogP contribution in [0.5, 0.6) is 0 Å². The molecule has 0 amide bonds. The lowest BCUT2D eigenvalue weighted by molar-refractivity contribution is 0.104. The van der Waals surface area contributed by atoms with E-state index in [1.807, 2.05) is 0 Å². The lowest BCUT2D eigenvalue weighted by Crippen LogP contribution is -2.20. The Morgan fingerprint density at radius 2 is 2.35 bits per heavy atom. The maximum absolute atomic E-state index is 13.4. The Hall–Kier alpha value is -1.13. The van der Waals surface area contributed by atoms with Crippen LogP contribution in [-0.4, -0.2) is 19.3 Å². The normalized spacial score (nSPS) is 19.7. The van der Waals surface area contributed by atoms with Crippen molar-refractivity contribution in [2.45, 2.75) is 31.9 Å². The van der Waals surface area contributed by atoms with Crippen LogP contribution in [0.15, 0.2) is 18.2 Å². The minimum absolute atomic E-state index is 0.241. The van der Waals surface area contributed by atoms with Crippen molar-refractivity contribution in [3.63, 3.8) is 0 Å². The van der Waals surface area contributed by atoms with Crippen LogP contribution >= 0.6 is 0 Å². The van der Waals surface area contributed by atoms with Crippen LogP contribution in [0, 0.1) is 5.82 Å². The second-order valence-electron chi connectivity index (χ2n) is 4.45. The molecule has 0 aliphatic carbocycles. The van der Waals surface area contributed by atoms with Gasteiger partial charge in [-0.2, -0.15) is 0 Å². The van der Waals surface area contributed by atoms with Crippen molar-refractivity contribution in [1.82, 2.24) is 5.32 Å². The van der Waals surface area contributed by atoms with Gasteiger partial charge in [0.15, 0.2) is 0 Å². The Balaban J connectivity index is 1.70. The second-order valence-corrected chi connectivity index (χ2v) is 4.45. The molecule has 94 valence electrons. The number of anilines is 1. The highest BCUT2D eigenvalue weighted by Crippen LogP contribution is 2.15. The van der Waals surface area contributed by atoms with Gasteiger partial charge in [-0.05, 0) is 37.9 Å². The number of ether oxygens (including phenoxy) is 1. The predicted molar refractivity (Wildman–Crippen MR) is 66.1 cm³/mol. The molecule has 1 heterocycles. The molecule has 0 spiro atoms. The highest BCUT2D eigenvalue weighted by atomic mass is 19.1. The lowest BCUT2D eigenvalue weighted by atomic mass is 10.1. The largest absolute Gasteiger partial charge is 0.399 e. The molecule has 3 nitrogen and oxygen atoms in total. The van der Waals surface area contributed by atoms with E-state index in [1.165, 1.54) is 6.07 Å². The van der Waals surface area contributed by atoms with Crippen LogP contribution in [0.2, 0.25) is 0 Å². The van der Waals surface area contributed by atoms with Gasteiger partial charge in [-0.25, -0.2) is 4.39 Å². The summed E-state index contributed by atoms with van der Waals surface area (Å²) in [5, 5.41) is 3.23. The van der Waals surface area contributed by atoms with Gasteiger partial charge in [0.2, 0.25) is 0 Å². The number of hydrogen-bond acceptors (Lipinski definition) is 3. The van der Waals surface area contributed by atoms with Gasteiger partial charge < -0.3 is 15.8 Å². The first-order valence-corrected chi connectivity index (χ1v) is 6.12. The van der Waals surface area contributed by atoms with Crippen molar-refractivity contribution in [2.24, 2.45) is 0 Å². The van der Waals surface area contributed by atoms with Crippen molar-refractivity contribution in [1.29, 1.82) is 0 Å². The molecule has 2 rings (SSSR count). The summed E-state index contributed by atoms with van der Waals surface area (Å²) >= 11 is 0. The fourth-order valence-electron chi connectivity index (χ4n) is 2.07. The van der Waals surface area contributed by atoms with Gasteiger partial charge in [0.25, 0.3) is 0 Å². The first kappa shape index (κ1) is 12.3. The number of halogens is 1. The smallest absolute Gasteiger partial charge is 0.129 e. The van der Waals surface area contributed by atoms with Gasteiger partial charge in [0.1, 0.15) is 5.82 Å². The van der Waals surface area contributed by atoms with Crippen LogP contribution in [-0.2, 0) is 11.3 Å². The van der Waals surface area contributed by atoms with Gasteiger partial charge in [0, 0.05) is 24.4 Å². The Morgan fingerprint density at radius 1 is 1.47 bits per heavy atom. The number of benzene rings is 1. The average Bonchev–Trinajstić information content (AvgIpc) is 2.79. The molecule has 0 saturated carbocycles. The molecule has 1 aromatic rings. The van der Waals surface area contributed by atoms with Crippen LogP contribution < -0.4 is 11.1 Å². The first-order chi connectivity index (χ1) is 8.25. The van der Waals surface area contributed by atoms with Crippen LogP contribution in [0.1, 0.15) is 24.8 Å². The zero-order valence-electron chi connectivity index (χ0n) is 9.92. The van der Waals surface area contributed by atoms with E-state index in [2.05, 4.69) is 5.32 Å². The van der Waals surface area contributed by atoms with Crippen LogP contribution in [0.3, 0.4) is 0 Å². The molecule has 1 aliphatic rings. The Kier molecular flexibility index (Phi) is 4.34. The molecule has 0 radical (unpaired) electrons. The number of nitrogens with one attached hydrogen (secondary N) is 1. The predicted octanol–water partition coefficient (Wildman–Crippen LogP) is 2.07. The SMILES string of the molecule is Nc1ccc(CNCCC2CCCO2)c(F)c1. The van der Waals surface area contributed by atoms with E-state index in [4.69, 9.17) is 10.5 Å².